The lowest BCUT2D eigenvalue weighted by Crippen LogP contribution is -2.37. The molecule has 160 valence electrons. The van der Waals surface area contributed by atoms with Gasteiger partial charge in [-0.1, -0.05) is 67.4 Å². The molecule has 3 rings (SSSR count). The van der Waals surface area contributed by atoms with Crippen LogP contribution in [0.5, 0.6) is 0 Å². The van der Waals surface area contributed by atoms with E-state index in [1.165, 1.54) is 22.3 Å². The van der Waals surface area contributed by atoms with E-state index in [2.05, 4.69) is 66.9 Å². The van der Waals surface area contributed by atoms with Crippen LogP contribution in [0.3, 0.4) is 0 Å². The Kier molecular flexibility index (Phi) is 8.30. The number of guanidine groups is 1. The molecule has 30 heavy (non-hydrogen) atoms. The SMILES string of the molecule is CCCCNC(=NCc1ccc(C)cc1)NCc1ccccc1CN1CCCC1=O. The molecule has 2 aromatic rings. The normalized spacial score (nSPS) is 14.3. The molecule has 1 fully saturated rings. The zero-order chi connectivity index (χ0) is 21.2. The smallest absolute Gasteiger partial charge is 0.222 e. The average molecular weight is 407 g/mol. The number of hydrogen-bond acceptors (Lipinski definition) is 2. The summed E-state index contributed by atoms with van der Waals surface area (Å²) in [5.74, 6) is 1.09. The molecule has 0 spiro atoms. The van der Waals surface area contributed by atoms with Crippen molar-refractivity contribution in [2.75, 3.05) is 13.1 Å². The van der Waals surface area contributed by atoms with E-state index < -0.39 is 0 Å². The van der Waals surface area contributed by atoms with Crippen LogP contribution in [-0.2, 0) is 24.4 Å². The number of nitrogens with zero attached hydrogens (tertiary/aromatic N) is 2. The first-order valence-electron chi connectivity index (χ1n) is 11.1. The lowest BCUT2D eigenvalue weighted by Gasteiger charge is -2.19. The van der Waals surface area contributed by atoms with Crippen molar-refractivity contribution in [1.29, 1.82) is 0 Å². The fraction of sp³-hybridized carbons (Fsp3) is 0.440. The van der Waals surface area contributed by atoms with Crippen LogP contribution in [0.15, 0.2) is 53.5 Å². The molecule has 1 aliphatic rings. The van der Waals surface area contributed by atoms with Crippen LogP contribution in [-0.4, -0.2) is 29.9 Å². The van der Waals surface area contributed by atoms with Gasteiger partial charge in [0.1, 0.15) is 0 Å². The molecule has 5 heteroatoms. The molecule has 5 nitrogen and oxygen atoms in total. The van der Waals surface area contributed by atoms with Gasteiger partial charge in [-0.15, -0.1) is 0 Å². The second kappa shape index (κ2) is 11.4. The monoisotopic (exact) mass is 406 g/mol. The molecule has 1 aliphatic heterocycles. The number of amides is 1. The third-order valence-electron chi connectivity index (χ3n) is 5.46. The Morgan fingerprint density at radius 3 is 2.53 bits per heavy atom. The maximum absolute atomic E-state index is 12.0. The number of likely N-dealkylation sites (tertiary alicyclic amines) is 1. The van der Waals surface area contributed by atoms with E-state index in [9.17, 15) is 4.79 Å². The maximum atomic E-state index is 12.0. The van der Waals surface area contributed by atoms with Crippen molar-refractivity contribution < 1.29 is 4.79 Å². The van der Waals surface area contributed by atoms with Gasteiger partial charge < -0.3 is 15.5 Å². The molecule has 0 atom stereocenters. The summed E-state index contributed by atoms with van der Waals surface area (Å²) in [6, 6.07) is 16.9. The van der Waals surface area contributed by atoms with Gasteiger partial charge in [-0.2, -0.15) is 0 Å². The summed E-state index contributed by atoms with van der Waals surface area (Å²) in [5.41, 5.74) is 4.87. The Bertz CT molecular complexity index is 844. The first-order chi connectivity index (χ1) is 14.7. The molecular weight excluding hydrogens is 372 g/mol. The second-order valence-corrected chi connectivity index (χ2v) is 7.97. The Labute approximate surface area is 180 Å². The summed E-state index contributed by atoms with van der Waals surface area (Å²) in [5, 5.41) is 6.94. The lowest BCUT2D eigenvalue weighted by molar-refractivity contribution is -0.128. The standard InChI is InChI=1S/C25H34N4O/c1-3-4-15-26-25(27-17-21-13-11-20(2)12-14-21)28-18-22-8-5-6-9-23(22)19-29-16-7-10-24(29)30/h5-6,8-9,11-14H,3-4,7,10,15-19H2,1-2H3,(H2,26,27,28). The van der Waals surface area contributed by atoms with Crippen molar-refractivity contribution in [3.63, 3.8) is 0 Å². The number of rotatable bonds is 9. The van der Waals surface area contributed by atoms with Crippen molar-refractivity contribution in [1.82, 2.24) is 15.5 Å². The molecule has 0 radical (unpaired) electrons. The Hall–Kier alpha value is -2.82. The highest BCUT2D eigenvalue weighted by molar-refractivity contribution is 5.80. The molecule has 0 aromatic heterocycles. The first-order valence-corrected chi connectivity index (χ1v) is 11.1. The van der Waals surface area contributed by atoms with E-state index in [-0.39, 0.29) is 5.91 Å². The van der Waals surface area contributed by atoms with Gasteiger partial charge in [0, 0.05) is 32.6 Å². The van der Waals surface area contributed by atoms with E-state index in [4.69, 9.17) is 4.99 Å². The zero-order valence-electron chi connectivity index (χ0n) is 18.3. The van der Waals surface area contributed by atoms with Crippen LogP contribution < -0.4 is 10.6 Å². The third kappa shape index (κ3) is 6.61. The summed E-state index contributed by atoms with van der Waals surface area (Å²) in [4.78, 5) is 18.8. The Morgan fingerprint density at radius 2 is 1.83 bits per heavy atom. The average Bonchev–Trinajstić information content (AvgIpc) is 3.16. The van der Waals surface area contributed by atoms with Crippen LogP contribution in [0.1, 0.15) is 54.9 Å². The van der Waals surface area contributed by atoms with E-state index in [0.29, 0.717) is 26.1 Å². The third-order valence-corrected chi connectivity index (χ3v) is 5.46. The highest BCUT2D eigenvalue weighted by Gasteiger charge is 2.20. The predicted molar refractivity (Wildman–Crippen MR) is 123 cm³/mol. The van der Waals surface area contributed by atoms with Gasteiger partial charge in [0.15, 0.2) is 5.96 Å². The van der Waals surface area contributed by atoms with E-state index in [1.54, 1.807) is 0 Å². The van der Waals surface area contributed by atoms with Crippen molar-refractivity contribution >= 4 is 11.9 Å². The molecule has 0 saturated carbocycles. The molecule has 0 unspecified atom stereocenters. The lowest BCUT2D eigenvalue weighted by atomic mass is 10.1. The Balaban J connectivity index is 1.64. The highest BCUT2D eigenvalue weighted by atomic mass is 16.2. The van der Waals surface area contributed by atoms with Crippen LogP contribution in [0.25, 0.3) is 0 Å². The van der Waals surface area contributed by atoms with Crippen molar-refractivity contribution in [3.05, 3.63) is 70.8 Å². The van der Waals surface area contributed by atoms with Crippen molar-refractivity contribution in [2.45, 2.75) is 59.2 Å². The van der Waals surface area contributed by atoms with Crippen LogP contribution in [0.4, 0.5) is 0 Å². The molecule has 1 amide bonds. The Morgan fingerprint density at radius 1 is 1.07 bits per heavy atom. The van der Waals surface area contributed by atoms with Gasteiger partial charge in [0.25, 0.3) is 0 Å². The number of carbonyl (C=O) groups excluding carboxylic acids is 1. The molecule has 0 aliphatic carbocycles. The minimum Gasteiger partial charge on any atom is -0.356 e. The van der Waals surface area contributed by atoms with Gasteiger partial charge in [0.2, 0.25) is 5.91 Å². The number of hydrogen-bond donors (Lipinski definition) is 2. The van der Waals surface area contributed by atoms with Crippen LogP contribution in [0.2, 0.25) is 0 Å². The van der Waals surface area contributed by atoms with Gasteiger partial charge in [-0.25, -0.2) is 4.99 Å². The predicted octanol–water partition coefficient (Wildman–Crippen LogP) is 4.15. The topological polar surface area (TPSA) is 56.7 Å². The quantitative estimate of drug-likeness (QED) is 0.374. The molecule has 0 bridgehead atoms. The number of nitrogens with one attached hydrogen (secondary N) is 2. The summed E-state index contributed by atoms with van der Waals surface area (Å²) < 4.78 is 0. The van der Waals surface area contributed by atoms with Gasteiger partial charge in [0.05, 0.1) is 6.54 Å². The number of aliphatic imine (C=N–C) groups is 1. The summed E-state index contributed by atoms with van der Waals surface area (Å²) in [7, 11) is 0. The fourth-order valence-electron chi connectivity index (χ4n) is 3.56. The van der Waals surface area contributed by atoms with Crippen LogP contribution in [0, 0.1) is 6.92 Å². The van der Waals surface area contributed by atoms with Crippen molar-refractivity contribution in [2.24, 2.45) is 4.99 Å². The summed E-state index contributed by atoms with van der Waals surface area (Å²) >= 11 is 0. The van der Waals surface area contributed by atoms with Crippen molar-refractivity contribution in [3.8, 4) is 0 Å². The largest absolute Gasteiger partial charge is 0.356 e. The first kappa shape index (κ1) is 21.9. The summed E-state index contributed by atoms with van der Waals surface area (Å²) in [6.45, 7) is 8.07. The number of carbonyl (C=O) groups is 1. The number of benzene rings is 2. The molecule has 1 saturated heterocycles. The fourth-order valence-corrected chi connectivity index (χ4v) is 3.56. The minimum atomic E-state index is 0.263. The van der Waals surface area contributed by atoms with E-state index in [0.717, 1.165) is 38.3 Å². The second-order valence-electron chi connectivity index (χ2n) is 7.97. The van der Waals surface area contributed by atoms with Gasteiger partial charge in [-0.05, 0) is 36.5 Å². The van der Waals surface area contributed by atoms with E-state index in [1.807, 2.05) is 11.0 Å². The van der Waals surface area contributed by atoms with Crippen LogP contribution >= 0.6 is 0 Å². The highest BCUT2D eigenvalue weighted by Crippen LogP contribution is 2.17. The van der Waals surface area contributed by atoms with E-state index >= 15 is 0 Å². The molecule has 2 N–H and O–H groups in total. The molecule has 1 heterocycles. The minimum absolute atomic E-state index is 0.263. The zero-order valence-corrected chi connectivity index (χ0v) is 18.3. The molecular formula is C25H34N4O. The molecule has 2 aromatic carbocycles. The summed E-state index contributed by atoms with van der Waals surface area (Å²) in [6.07, 6.45) is 3.90. The van der Waals surface area contributed by atoms with Gasteiger partial charge in [-0.3, -0.25) is 4.79 Å². The number of unbranched alkanes of at least 4 members (excludes halogenated alkanes) is 1. The maximum Gasteiger partial charge on any atom is 0.222 e. The van der Waals surface area contributed by atoms with Gasteiger partial charge >= 0.3 is 0 Å². The number of aryl methyl sites for hydroxylation is 1.